The zero-order chi connectivity index (χ0) is 10.6. The van der Waals surface area contributed by atoms with E-state index < -0.39 is 18.5 Å². The number of aryl methyl sites for hydroxylation is 1. The number of benzene rings is 1. The summed E-state index contributed by atoms with van der Waals surface area (Å²) in [5, 5.41) is 12.2. The number of aliphatic hydroxyl groups is 1. The highest BCUT2D eigenvalue weighted by molar-refractivity contribution is 5.27. The quantitative estimate of drug-likeness (QED) is 0.449. The van der Waals surface area contributed by atoms with E-state index in [1.807, 2.05) is 0 Å². The lowest BCUT2D eigenvalue weighted by molar-refractivity contribution is 0.265. The summed E-state index contributed by atoms with van der Waals surface area (Å²) in [5.74, 6) is -0.470. The molecule has 0 fully saturated rings. The Morgan fingerprint density at radius 2 is 2.36 bits per heavy atom. The predicted octanol–water partition coefficient (Wildman–Crippen LogP) is 2.48. The van der Waals surface area contributed by atoms with Crippen LogP contribution in [0.25, 0.3) is 10.4 Å². The van der Waals surface area contributed by atoms with Crippen molar-refractivity contribution in [2.24, 2.45) is 5.11 Å². The Morgan fingerprint density at radius 3 is 2.93 bits per heavy atom. The fourth-order valence-electron chi connectivity index (χ4n) is 1.18. The van der Waals surface area contributed by atoms with Crippen LogP contribution in [0.2, 0.25) is 0 Å². The van der Waals surface area contributed by atoms with Gasteiger partial charge in [0.25, 0.3) is 0 Å². The van der Waals surface area contributed by atoms with Crippen molar-refractivity contribution >= 4 is 0 Å². The van der Waals surface area contributed by atoms with Crippen LogP contribution in [0.5, 0.6) is 0 Å². The standard InChI is InChI=1S/C9H10FN3O/c1-6-2-3-8(10)7(4-6)9(5-14)12-13-11/h2-4,9,14H,5H2,1H3. The molecule has 0 spiro atoms. The number of hydrogen-bond donors (Lipinski definition) is 1. The summed E-state index contributed by atoms with van der Waals surface area (Å²) in [6.07, 6.45) is 0. The first-order valence-corrected chi connectivity index (χ1v) is 4.10. The minimum atomic E-state index is -0.847. The zero-order valence-corrected chi connectivity index (χ0v) is 7.68. The van der Waals surface area contributed by atoms with Gasteiger partial charge in [-0.3, -0.25) is 0 Å². The van der Waals surface area contributed by atoms with E-state index in [1.165, 1.54) is 6.07 Å². The van der Waals surface area contributed by atoms with Crippen LogP contribution < -0.4 is 0 Å². The van der Waals surface area contributed by atoms with Gasteiger partial charge in [0, 0.05) is 4.91 Å². The van der Waals surface area contributed by atoms with Crippen LogP contribution in [0.1, 0.15) is 17.2 Å². The third kappa shape index (κ3) is 2.22. The van der Waals surface area contributed by atoms with Gasteiger partial charge in [0.2, 0.25) is 0 Å². The van der Waals surface area contributed by atoms with E-state index in [0.29, 0.717) is 0 Å². The van der Waals surface area contributed by atoms with Crippen molar-refractivity contribution < 1.29 is 9.50 Å². The maximum atomic E-state index is 13.2. The third-order valence-corrected chi connectivity index (χ3v) is 1.87. The molecule has 1 aromatic carbocycles. The molecule has 0 radical (unpaired) electrons. The first kappa shape index (κ1) is 10.5. The lowest BCUT2D eigenvalue weighted by atomic mass is 10.1. The molecule has 1 atom stereocenters. The van der Waals surface area contributed by atoms with Crippen molar-refractivity contribution in [1.82, 2.24) is 0 Å². The number of nitrogens with zero attached hydrogens (tertiary/aromatic N) is 3. The molecule has 0 saturated carbocycles. The van der Waals surface area contributed by atoms with Gasteiger partial charge in [0.1, 0.15) is 5.82 Å². The number of halogens is 1. The highest BCUT2D eigenvalue weighted by Gasteiger charge is 2.12. The SMILES string of the molecule is Cc1ccc(F)c(C(CO)N=[N+]=[N-])c1. The second-order valence-corrected chi connectivity index (χ2v) is 2.93. The van der Waals surface area contributed by atoms with E-state index >= 15 is 0 Å². The highest BCUT2D eigenvalue weighted by Crippen LogP contribution is 2.21. The summed E-state index contributed by atoms with van der Waals surface area (Å²) in [6.45, 7) is 1.40. The van der Waals surface area contributed by atoms with E-state index in [0.717, 1.165) is 5.56 Å². The Kier molecular flexibility index (Phi) is 3.45. The Morgan fingerprint density at radius 1 is 1.64 bits per heavy atom. The zero-order valence-electron chi connectivity index (χ0n) is 7.68. The summed E-state index contributed by atoms with van der Waals surface area (Å²) >= 11 is 0. The summed E-state index contributed by atoms with van der Waals surface area (Å²) in [5.41, 5.74) is 9.30. The second kappa shape index (κ2) is 4.60. The van der Waals surface area contributed by atoms with Gasteiger partial charge in [0.05, 0.1) is 12.6 Å². The molecule has 0 amide bonds. The normalized spacial score (nSPS) is 11.9. The first-order valence-electron chi connectivity index (χ1n) is 4.10. The average molecular weight is 195 g/mol. The fraction of sp³-hybridized carbons (Fsp3) is 0.333. The molecule has 1 unspecified atom stereocenters. The molecular formula is C9H10FN3O. The van der Waals surface area contributed by atoms with E-state index in [1.54, 1.807) is 19.1 Å². The van der Waals surface area contributed by atoms with Crippen LogP contribution in [0, 0.1) is 12.7 Å². The van der Waals surface area contributed by atoms with Crippen molar-refractivity contribution in [2.45, 2.75) is 13.0 Å². The topological polar surface area (TPSA) is 69.0 Å². The van der Waals surface area contributed by atoms with E-state index in [2.05, 4.69) is 10.0 Å². The van der Waals surface area contributed by atoms with E-state index in [-0.39, 0.29) is 5.56 Å². The monoisotopic (exact) mass is 195 g/mol. The molecule has 1 rings (SSSR count). The number of azide groups is 1. The molecule has 0 bridgehead atoms. The molecule has 1 aromatic rings. The van der Waals surface area contributed by atoms with Crippen molar-refractivity contribution in [2.75, 3.05) is 6.61 Å². The number of rotatable bonds is 3. The Bertz CT molecular complexity index is 374. The van der Waals surface area contributed by atoms with Crippen LogP contribution >= 0.6 is 0 Å². The Hall–Kier alpha value is -1.58. The molecular weight excluding hydrogens is 185 g/mol. The van der Waals surface area contributed by atoms with Gasteiger partial charge in [0.15, 0.2) is 0 Å². The summed E-state index contributed by atoms with van der Waals surface area (Å²) in [7, 11) is 0. The molecule has 4 nitrogen and oxygen atoms in total. The molecule has 0 heterocycles. The van der Waals surface area contributed by atoms with Crippen molar-refractivity contribution in [3.8, 4) is 0 Å². The lowest BCUT2D eigenvalue weighted by Crippen LogP contribution is -2.03. The van der Waals surface area contributed by atoms with Gasteiger partial charge in [-0.1, -0.05) is 22.8 Å². The number of aliphatic hydroxyl groups excluding tert-OH is 1. The van der Waals surface area contributed by atoms with Crippen LogP contribution in [-0.2, 0) is 0 Å². The van der Waals surface area contributed by atoms with Gasteiger partial charge >= 0.3 is 0 Å². The fourth-order valence-corrected chi connectivity index (χ4v) is 1.18. The minimum absolute atomic E-state index is 0.227. The van der Waals surface area contributed by atoms with Crippen LogP contribution in [0.15, 0.2) is 23.3 Å². The number of hydrogen-bond acceptors (Lipinski definition) is 2. The van der Waals surface area contributed by atoms with E-state index in [4.69, 9.17) is 10.6 Å². The van der Waals surface area contributed by atoms with Gasteiger partial charge in [-0.25, -0.2) is 4.39 Å². The maximum absolute atomic E-state index is 13.2. The Balaban J connectivity index is 3.14. The molecule has 14 heavy (non-hydrogen) atoms. The van der Waals surface area contributed by atoms with Gasteiger partial charge in [-0.05, 0) is 24.1 Å². The highest BCUT2D eigenvalue weighted by atomic mass is 19.1. The van der Waals surface area contributed by atoms with Gasteiger partial charge < -0.3 is 5.11 Å². The van der Waals surface area contributed by atoms with Crippen LogP contribution in [-0.4, -0.2) is 11.7 Å². The molecule has 0 aromatic heterocycles. The summed E-state index contributed by atoms with van der Waals surface area (Å²) in [6, 6.07) is 3.62. The molecule has 0 aliphatic carbocycles. The molecule has 0 aliphatic rings. The van der Waals surface area contributed by atoms with Crippen molar-refractivity contribution in [3.05, 3.63) is 45.6 Å². The summed E-state index contributed by atoms with van der Waals surface area (Å²) < 4.78 is 13.2. The summed E-state index contributed by atoms with van der Waals surface area (Å²) in [4.78, 5) is 2.55. The van der Waals surface area contributed by atoms with Crippen molar-refractivity contribution in [3.63, 3.8) is 0 Å². The average Bonchev–Trinajstić information content (AvgIpc) is 2.18. The molecule has 0 aliphatic heterocycles. The predicted molar refractivity (Wildman–Crippen MR) is 50.1 cm³/mol. The minimum Gasteiger partial charge on any atom is -0.396 e. The largest absolute Gasteiger partial charge is 0.396 e. The Labute approximate surface area is 80.6 Å². The van der Waals surface area contributed by atoms with Crippen LogP contribution in [0.3, 0.4) is 0 Å². The maximum Gasteiger partial charge on any atom is 0.126 e. The first-order chi connectivity index (χ1) is 6.69. The van der Waals surface area contributed by atoms with E-state index in [9.17, 15) is 4.39 Å². The van der Waals surface area contributed by atoms with Crippen molar-refractivity contribution in [1.29, 1.82) is 0 Å². The second-order valence-electron chi connectivity index (χ2n) is 2.93. The van der Waals surface area contributed by atoms with Gasteiger partial charge in [-0.15, -0.1) is 0 Å². The molecule has 74 valence electrons. The smallest absolute Gasteiger partial charge is 0.126 e. The molecule has 0 saturated heterocycles. The molecule has 1 N–H and O–H groups in total. The lowest BCUT2D eigenvalue weighted by Gasteiger charge is -2.09. The van der Waals surface area contributed by atoms with Gasteiger partial charge in [-0.2, -0.15) is 0 Å². The third-order valence-electron chi connectivity index (χ3n) is 1.87. The van der Waals surface area contributed by atoms with Crippen LogP contribution in [0.4, 0.5) is 4.39 Å². The molecule has 5 heteroatoms.